The standard InChI is InChI=1S/C6H8Cl3NO2/c1-2-10-4(11)3-12-5(10)6(7,8)9/h5H,2-3H2,1H3. The molecule has 0 saturated carbocycles. The predicted octanol–water partition coefficient (Wildman–Crippen LogP) is 1.56. The van der Waals surface area contributed by atoms with Crippen molar-refractivity contribution in [1.29, 1.82) is 0 Å². The van der Waals surface area contributed by atoms with Crippen molar-refractivity contribution in [2.75, 3.05) is 13.2 Å². The van der Waals surface area contributed by atoms with Crippen LogP contribution in [-0.4, -0.2) is 34.0 Å². The number of carbonyl (C=O) groups is 1. The number of hydrogen-bond donors (Lipinski definition) is 0. The average Bonchev–Trinajstić information content (AvgIpc) is 2.29. The maximum absolute atomic E-state index is 11.1. The number of nitrogens with zero attached hydrogens (tertiary/aromatic N) is 1. The lowest BCUT2D eigenvalue weighted by atomic mass is 10.5. The first-order valence-corrected chi connectivity index (χ1v) is 4.58. The van der Waals surface area contributed by atoms with Crippen molar-refractivity contribution < 1.29 is 9.53 Å². The Morgan fingerprint density at radius 2 is 2.25 bits per heavy atom. The van der Waals surface area contributed by atoms with Gasteiger partial charge in [0.05, 0.1) is 0 Å². The minimum Gasteiger partial charge on any atom is -0.344 e. The predicted molar refractivity (Wildman–Crippen MR) is 47.4 cm³/mol. The summed E-state index contributed by atoms with van der Waals surface area (Å²) in [6, 6.07) is 0. The van der Waals surface area contributed by atoms with Gasteiger partial charge in [-0.15, -0.1) is 0 Å². The Balaban J connectivity index is 2.73. The molecule has 1 atom stereocenters. The Kier molecular flexibility index (Phi) is 3.10. The van der Waals surface area contributed by atoms with Gasteiger partial charge in [-0.3, -0.25) is 4.79 Å². The van der Waals surface area contributed by atoms with Crippen molar-refractivity contribution in [3.05, 3.63) is 0 Å². The molecule has 70 valence electrons. The molecule has 0 aliphatic carbocycles. The summed E-state index contributed by atoms with van der Waals surface area (Å²) < 4.78 is 3.45. The van der Waals surface area contributed by atoms with E-state index in [1.807, 2.05) is 0 Å². The van der Waals surface area contributed by atoms with Crippen molar-refractivity contribution in [2.45, 2.75) is 16.9 Å². The van der Waals surface area contributed by atoms with Gasteiger partial charge in [0.2, 0.25) is 3.79 Å². The third kappa shape index (κ3) is 1.96. The molecule has 0 aromatic carbocycles. The average molecular weight is 232 g/mol. The Morgan fingerprint density at radius 1 is 1.67 bits per heavy atom. The molecule has 1 rings (SSSR count). The summed E-state index contributed by atoms with van der Waals surface area (Å²) in [7, 11) is 0. The number of alkyl halides is 3. The van der Waals surface area contributed by atoms with Crippen LogP contribution in [0.5, 0.6) is 0 Å². The van der Waals surface area contributed by atoms with Crippen molar-refractivity contribution in [1.82, 2.24) is 4.90 Å². The normalized spacial score (nSPS) is 25.2. The van der Waals surface area contributed by atoms with E-state index in [-0.39, 0.29) is 12.5 Å². The van der Waals surface area contributed by atoms with E-state index in [2.05, 4.69) is 0 Å². The van der Waals surface area contributed by atoms with Crippen LogP contribution in [0, 0.1) is 0 Å². The Hall–Kier alpha value is 0.300. The van der Waals surface area contributed by atoms with Crippen molar-refractivity contribution in [3.8, 4) is 0 Å². The molecule has 0 bridgehead atoms. The summed E-state index contributed by atoms with van der Waals surface area (Å²) >= 11 is 16.8. The smallest absolute Gasteiger partial charge is 0.250 e. The van der Waals surface area contributed by atoms with Crippen molar-refractivity contribution >= 4 is 40.7 Å². The highest BCUT2D eigenvalue weighted by atomic mass is 35.6. The fourth-order valence-corrected chi connectivity index (χ4v) is 1.61. The summed E-state index contributed by atoms with van der Waals surface area (Å²) in [5.74, 6) is -0.145. The highest BCUT2D eigenvalue weighted by Gasteiger charge is 2.44. The molecule has 0 spiro atoms. The lowest BCUT2D eigenvalue weighted by Gasteiger charge is -2.26. The van der Waals surface area contributed by atoms with Gasteiger partial charge >= 0.3 is 0 Å². The van der Waals surface area contributed by atoms with Gasteiger partial charge in [0.1, 0.15) is 6.61 Å². The molecule has 0 aromatic heterocycles. The van der Waals surface area contributed by atoms with Crippen LogP contribution in [0.1, 0.15) is 6.92 Å². The fraction of sp³-hybridized carbons (Fsp3) is 0.833. The van der Waals surface area contributed by atoms with E-state index >= 15 is 0 Å². The van der Waals surface area contributed by atoms with E-state index in [0.717, 1.165) is 0 Å². The second-order valence-corrected chi connectivity index (χ2v) is 4.75. The second-order valence-electron chi connectivity index (χ2n) is 2.38. The topological polar surface area (TPSA) is 29.5 Å². The Morgan fingerprint density at radius 3 is 2.58 bits per heavy atom. The number of carbonyl (C=O) groups excluding carboxylic acids is 1. The van der Waals surface area contributed by atoms with E-state index in [4.69, 9.17) is 39.5 Å². The molecule has 0 aromatic rings. The highest BCUT2D eigenvalue weighted by Crippen LogP contribution is 2.36. The Bertz CT molecular complexity index is 192. The van der Waals surface area contributed by atoms with E-state index in [1.54, 1.807) is 6.92 Å². The van der Waals surface area contributed by atoms with Crippen molar-refractivity contribution in [3.63, 3.8) is 0 Å². The maximum Gasteiger partial charge on any atom is 0.250 e. The summed E-state index contributed by atoms with van der Waals surface area (Å²) in [5, 5.41) is 0. The quantitative estimate of drug-likeness (QED) is 0.642. The van der Waals surface area contributed by atoms with Gasteiger partial charge in [-0.05, 0) is 6.92 Å². The minimum atomic E-state index is -1.57. The van der Waals surface area contributed by atoms with Gasteiger partial charge in [-0.2, -0.15) is 0 Å². The molecule has 1 heterocycles. The molecule has 1 saturated heterocycles. The summed E-state index contributed by atoms with van der Waals surface area (Å²) in [6.07, 6.45) is -0.750. The molecule has 1 amide bonds. The number of likely N-dealkylation sites (N-methyl/N-ethyl adjacent to an activating group) is 1. The first-order valence-electron chi connectivity index (χ1n) is 3.44. The van der Waals surface area contributed by atoms with E-state index < -0.39 is 10.0 Å². The molecule has 1 fully saturated rings. The molecular formula is C6H8Cl3NO2. The Labute approximate surface area is 85.5 Å². The van der Waals surface area contributed by atoms with Crippen LogP contribution in [0.4, 0.5) is 0 Å². The van der Waals surface area contributed by atoms with Gasteiger partial charge in [0, 0.05) is 6.54 Å². The first kappa shape index (κ1) is 10.4. The summed E-state index contributed by atoms with van der Waals surface area (Å²) in [6.45, 7) is 2.28. The third-order valence-electron chi connectivity index (χ3n) is 1.59. The minimum absolute atomic E-state index is 0.00752. The molecular weight excluding hydrogens is 224 g/mol. The van der Waals surface area contributed by atoms with Gasteiger partial charge < -0.3 is 9.64 Å². The van der Waals surface area contributed by atoms with Gasteiger partial charge in [0.15, 0.2) is 6.23 Å². The number of rotatable bonds is 1. The number of halogens is 3. The molecule has 1 unspecified atom stereocenters. The monoisotopic (exact) mass is 231 g/mol. The van der Waals surface area contributed by atoms with E-state index in [9.17, 15) is 4.79 Å². The molecule has 12 heavy (non-hydrogen) atoms. The summed E-state index contributed by atoms with van der Waals surface area (Å²) in [4.78, 5) is 12.5. The van der Waals surface area contributed by atoms with E-state index in [1.165, 1.54) is 4.90 Å². The van der Waals surface area contributed by atoms with E-state index in [0.29, 0.717) is 6.54 Å². The lowest BCUT2D eigenvalue weighted by Crippen LogP contribution is -2.41. The zero-order chi connectivity index (χ0) is 9.35. The highest BCUT2D eigenvalue weighted by molar-refractivity contribution is 6.68. The van der Waals surface area contributed by atoms with Crippen LogP contribution in [-0.2, 0) is 9.53 Å². The van der Waals surface area contributed by atoms with Crippen molar-refractivity contribution in [2.24, 2.45) is 0 Å². The van der Waals surface area contributed by atoms with Crippen LogP contribution in [0.15, 0.2) is 0 Å². The van der Waals surface area contributed by atoms with Crippen LogP contribution in [0.2, 0.25) is 0 Å². The molecule has 3 nitrogen and oxygen atoms in total. The van der Waals surface area contributed by atoms with Crippen LogP contribution < -0.4 is 0 Å². The number of amides is 1. The van der Waals surface area contributed by atoms with Gasteiger partial charge in [-0.25, -0.2) is 0 Å². The van der Waals surface area contributed by atoms with Crippen LogP contribution in [0.25, 0.3) is 0 Å². The fourth-order valence-electron chi connectivity index (χ4n) is 1.07. The summed E-state index contributed by atoms with van der Waals surface area (Å²) in [5.41, 5.74) is 0. The molecule has 1 aliphatic rings. The number of hydrogen-bond acceptors (Lipinski definition) is 2. The number of ether oxygens (including phenoxy) is 1. The zero-order valence-corrected chi connectivity index (χ0v) is 8.66. The largest absolute Gasteiger partial charge is 0.344 e. The van der Waals surface area contributed by atoms with Gasteiger partial charge in [-0.1, -0.05) is 34.8 Å². The zero-order valence-electron chi connectivity index (χ0n) is 6.39. The maximum atomic E-state index is 11.1. The molecule has 0 N–H and O–H groups in total. The lowest BCUT2D eigenvalue weighted by molar-refractivity contribution is -0.127. The first-order chi connectivity index (χ1) is 5.46. The second kappa shape index (κ2) is 3.58. The van der Waals surface area contributed by atoms with Gasteiger partial charge in [0.25, 0.3) is 5.91 Å². The molecule has 6 heteroatoms. The van der Waals surface area contributed by atoms with Crippen LogP contribution in [0.3, 0.4) is 0 Å². The molecule has 1 aliphatic heterocycles. The van der Waals surface area contributed by atoms with Crippen LogP contribution >= 0.6 is 34.8 Å². The third-order valence-corrected chi connectivity index (χ3v) is 2.15. The molecule has 0 radical (unpaired) electrons. The SMILES string of the molecule is CCN1C(=O)COC1C(Cl)(Cl)Cl.